The average Bonchev–Trinajstić information content (AvgIpc) is 1.52. The highest BCUT2D eigenvalue weighted by Gasteiger charge is 2.44. The number of primary amides is 2. The van der Waals surface area contributed by atoms with E-state index in [2.05, 4.69) is 36.9 Å². The van der Waals surface area contributed by atoms with Crippen LogP contribution in [0.15, 0.2) is 53.5 Å². The van der Waals surface area contributed by atoms with E-state index in [1.165, 1.54) is 39.5 Å². The third-order valence-corrected chi connectivity index (χ3v) is 24.7. The van der Waals surface area contributed by atoms with Crippen molar-refractivity contribution in [2.45, 2.75) is 208 Å². The molecule has 3 saturated heterocycles. The van der Waals surface area contributed by atoms with E-state index in [9.17, 15) is 87.9 Å². The fourth-order valence-corrected chi connectivity index (χ4v) is 17.4. The molecule has 15 N–H and O–H groups in total. The minimum Gasteiger partial charge on any atom is -0.480 e. The van der Waals surface area contributed by atoms with E-state index in [0.717, 1.165) is 29.5 Å². The van der Waals surface area contributed by atoms with Crippen LogP contribution in [0.4, 0.5) is 0 Å². The number of nitrogens with one attached hydrogen (secondary N) is 6. The Kier molecular flexibility index (Phi) is 50.7. The van der Waals surface area contributed by atoms with Crippen LogP contribution in [0.2, 0.25) is 0 Å². The number of thioether (sulfide) groups is 3. The van der Waals surface area contributed by atoms with Crippen LogP contribution in [0, 0.1) is 11.8 Å². The van der Waals surface area contributed by atoms with E-state index in [4.69, 9.17) is 25.7 Å². The van der Waals surface area contributed by atoms with Gasteiger partial charge in [-0.15, -0.1) is 0 Å². The first-order valence-electron chi connectivity index (χ1n) is 42.7. The number of rotatable bonds is 64. The minimum atomic E-state index is -1.56. The van der Waals surface area contributed by atoms with Crippen molar-refractivity contribution in [1.29, 1.82) is 0 Å². The molecule has 5 rings (SSSR count). The zero-order valence-electron chi connectivity index (χ0n) is 71.5. The molecule has 2 aromatic rings. The summed E-state index contributed by atoms with van der Waals surface area (Å²) in [7, 11) is 1.72. The van der Waals surface area contributed by atoms with Gasteiger partial charge in [-0.1, -0.05) is 88.6 Å². The number of benzene rings is 2. The molecule has 0 saturated carbocycles. The van der Waals surface area contributed by atoms with E-state index >= 15 is 0 Å². The maximum absolute atomic E-state index is 14.7. The lowest BCUT2D eigenvalue weighted by Gasteiger charge is -2.44. The van der Waals surface area contributed by atoms with Gasteiger partial charge < -0.3 is 87.6 Å². The third kappa shape index (κ3) is 40.8. The van der Waals surface area contributed by atoms with Gasteiger partial charge in [-0.3, -0.25) is 77.6 Å². The largest absolute Gasteiger partial charge is 0.480 e. The normalized spacial score (nSPS) is 17.9. The molecule has 38 heteroatoms. The molecule has 2 aromatic carbocycles. The number of likely N-dealkylation sites (N-methyl/N-ethyl adjacent to an activating group) is 1. The molecule has 3 fully saturated rings. The second-order valence-electron chi connectivity index (χ2n) is 31.3. The first-order chi connectivity index (χ1) is 58.5. The minimum absolute atomic E-state index is 0.0126. The molecule has 122 heavy (non-hydrogen) atoms. The number of aliphatic hydroxyl groups excluding tert-OH is 2. The Labute approximate surface area is 729 Å². The van der Waals surface area contributed by atoms with Crippen LogP contribution in [0.3, 0.4) is 0 Å². The van der Waals surface area contributed by atoms with Crippen LogP contribution in [0.5, 0.6) is 0 Å². The Hall–Kier alpha value is -7.89. The number of likely N-dealkylation sites (tertiary alicyclic amines) is 2. The van der Waals surface area contributed by atoms with E-state index in [0.29, 0.717) is 199 Å². The van der Waals surface area contributed by atoms with Gasteiger partial charge in [0.2, 0.25) is 59.1 Å². The van der Waals surface area contributed by atoms with Crippen molar-refractivity contribution in [3.05, 3.63) is 70.8 Å². The second-order valence-corrected chi connectivity index (χ2v) is 34.5. The summed E-state index contributed by atoms with van der Waals surface area (Å²) >= 11 is 4.23. The smallest absolute Gasteiger partial charge is 0.327 e. The summed E-state index contributed by atoms with van der Waals surface area (Å²) in [6, 6.07) is 9.59. The van der Waals surface area contributed by atoms with Gasteiger partial charge in [-0.2, -0.15) is 35.3 Å². The molecule has 3 heterocycles. The maximum atomic E-state index is 14.7. The number of amides is 10. The Morgan fingerprint density at radius 2 is 1.20 bits per heavy atom. The summed E-state index contributed by atoms with van der Waals surface area (Å²) in [5, 5.41) is 67.9. The van der Waals surface area contributed by atoms with Crippen LogP contribution in [-0.4, -0.2) is 324 Å². The number of ether oxygens (including phenoxy) is 3. The first kappa shape index (κ1) is 105. The number of hydrogen-bond donors (Lipinski definition) is 13. The summed E-state index contributed by atoms with van der Waals surface area (Å²) in [4.78, 5) is 181. The molecule has 3 aliphatic rings. The molecule has 0 bridgehead atoms. The molecule has 10 amide bonds. The molecule has 3 aliphatic heterocycles. The Balaban J connectivity index is 1.08. The fourth-order valence-electron chi connectivity index (χ4n) is 14.6. The number of carboxylic acids is 3. The van der Waals surface area contributed by atoms with Crippen LogP contribution >= 0.6 is 35.3 Å². The second kappa shape index (κ2) is 59.1. The number of β-amino-alcohol motifs (C(OH)–C–C–N with tert-alkyl or cyclic N) is 1. The van der Waals surface area contributed by atoms with Gasteiger partial charge in [-0.25, -0.2) is 9.79 Å². The predicted molar refractivity (Wildman–Crippen MR) is 466 cm³/mol. The lowest BCUT2D eigenvalue weighted by molar-refractivity contribution is -0.146. The van der Waals surface area contributed by atoms with Crippen LogP contribution in [0.1, 0.15) is 165 Å². The molecule has 684 valence electrons. The van der Waals surface area contributed by atoms with E-state index < -0.39 is 89.4 Å². The Bertz CT molecular complexity index is 3640. The van der Waals surface area contributed by atoms with E-state index in [1.54, 1.807) is 65.9 Å². The summed E-state index contributed by atoms with van der Waals surface area (Å²) in [5.41, 5.74) is 13.7. The molecular weight excluding hydrogens is 1640 g/mol. The molecule has 0 aromatic heterocycles. The maximum Gasteiger partial charge on any atom is 0.327 e. The standard InChI is InChI=1S/C84H134N14O21S3/c1-5-7-9-22-72(102)90-49-64(81(113)98-33-15-21-69(98)82(114)97-32-14-20-68(97)77(86)109)55-121-53-62-45-61(46-63(47-62)54-122-56-67(83(115)116)93-80(112)66(48-60-18-10-8-11-19-60)92-79(111)65(24-25-70(85)100)91-78(110)59(3)6-2)52-120-44-31-89-74(104)27-26-73(103)88-30-17-39-118-41-43-119-42-40-117-38-16-29-87-71(101)23-12-13-28-84(94(4)50-75(105)106)57-95(36-37-99)34-35-96(58-84)51-76(107)108/h8,10-11,18-19,45-47,49,59,64-69,79,92,99,111H,5-7,9,12-17,20-44,48,50-58H2,1-4H3,(H2,85,100)(H2,86,109)(H,87,101)(H,88,103)(H,89,104)(H,91,110)(H,93,112)(H,105,106)(H,107,108)(H,115,116)/t59-,64?,65-,66-,67?,68-,69-,79?,84?/m0/s1. The molecule has 4 unspecified atom stereocenters. The quantitative estimate of drug-likeness (QED) is 0.0257. The predicted octanol–water partition coefficient (Wildman–Crippen LogP) is 2.50. The zero-order valence-corrected chi connectivity index (χ0v) is 73.9. The van der Waals surface area contributed by atoms with Gasteiger partial charge in [0, 0.05) is 163 Å². The van der Waals surface area contributed by atoms with Crippen LogP contribution < -0.4 is 43.4 Å². The van der Waals surface area contributed by atoms with Gasteiger partial charge in [0.05, 0.1) is 64.1 Å². The summed E-state index contributed by atoms with van der Waals surface area (Å²) in [6.45, 7) is 11.1. The third-order valence-electron chi connectivity index (χ3n) is 21.4. The van der Waals surface area contributed by atoms with Gasteiger partial charge in [0.1, 0.15) is 24.4 Å². The number of aliphatic hydroxyl groups is 2. The van der Waals surface area contributed by atoms with Gasteiger partial charge in [-0.05, 0) is 106 Å². The Morgan fingerprint density at radius 3 is 1.80 bits per heavy atom. The number of aliphatic imine (C=N–C) groups is 1. The van der Waals surface area contributed by atoms with Crippen molar-refractivity contribution >= 4 is 118 Å². The highest BCUT2D eigenvalue weighted by Crippen LogP contribution is 2.31. The number of unbranched alkanes of at least 4 members (excludes halogenated alkanes) is 3. The van der Waals surface area contributed by atoms with Gasteiger partial charge in [0.25, 0.3) is 0 Å². The van der Waals surface area contributed by atoms with Crippen molar-refractivity contribution in [3.8, 4) is 0 Å². The van der Waals surface area contributed by atoms with Crippen LogP contribution in [0.25, 0.3) is 0 Å². The van der Waals surface area contributed by atoms with Crippen molar-refractivity contribution in [1.82, 2.24) is 56.4 Å². The fraction of sp³-hybridized carbons (Fsp3) is 0.690. The van der Waals surface area contributed by atoms with Crippen molar-refractivity contribution < 1.29 is 102 Å². The first-order valence-corrected chi connectivity index (χ1v) is 46.2. The average molecular weight is 1770 g/mol. The lowest BCUT2D eigenvalue weighted by atomic mass is 9.88. The van der Waals surface area contributed by atoms with Crippen molar-refractivity contribution in [2.75, 3.05) is 149 Å². The number of nitrogens with two attached hydrogens (primary N) is 2. The topological polar surface area (TPSA) is 504 Å². The summed E-state index contributed by atoms with van der Waals surface area (Å²) < 4.78 is 16.9. The molecule has 9 atom stereocenters. The number of aliphatic carboxylic acids is 3. The lowest BCUT2D eigenvalue weighted by Crippen LogP contribution is -2.59. The zero-order chi connectivity index (χ0) is 89.2. The monoisotopic (exact) mass is 1770 g/mol. The van der Waals surface area contributed by atoms with Gasteiger partial charge >= 0.3 is 17.9 Å². The van der Waals surface area contributed by atoms with Gasteiger partial charge in [0.15, 0.2) is 0 Å². The van der Waals surface area contributed by atoms with Crippen LogP contribution in [-0.2, 0) is 100 Å². The summed E-state index contributed by atoms with van der Waals surface area (Å²) in [6.07, 6.45) is 7.73. The molecular formula is C84H134N14O21S3. The number of carbonyl (C=O) groups is 13. The SMILES string of the molecule is CCCCCC(=O)N=CC(CSCc1cc(CSCCNC(=O)CCC(=O)NCCCOCCOCCOCCCNC(=O)CCCCC2(N(C)CC(=O)O)CN(CCO)CCN(CC(=O)O)C2)cc(CSCC(NC(=O)[C@H](Cc2ccccc2)NC(O)[C@H](CCC(N)=O)NC(=O)[C@@H](C)CC)C(=O)O)c1)C(=O)N1CCC[C@H]1C(=O)N1CCC[C@H]1C(N)=O. The van der Waals surface area contributed by atoms with Crippen molar-refractivity contribution in [2.24, 2.45) is 28.3 Å². The Morgan fingerprint density at radius 1 is 0.631 bits per heavy atom. The number of carboxylic acid groups (broad SMARTS) is 3. The molecule has 0 aliphatic carbocycles. The highest BCUT2D eigenvalue weighted by atomic mass is 32.2. The van der Waals surface area contributed by atoms with E-state index in [-0.39, 0.29) is 123 Å². The highest BCUT2D eigenvalue weighted by molar-refractivity contribution is 7.99. The number of nitrogens with zero attached hydrogens (tertiary/aromatic N) is 6. The molecule has 35 nitrogen and oxygen atoms in total. The van der Waals surface area contributed by atoms with E-state index in [1.807, 2.05) is 36.9 Å². The number of carbonyl (C=O) groups excluding carboxylic acids is 10. The van der Waals surface area contributed by atoms with Crippen molar-refractivity contribution in [3.63, 3.8) is 0 Å². The molecule has 0 spiro atoms. The number of hydrogen-bond acceptors (Lipinski definition) is 25. The molecule has 0 radical (unpaired) electrons. The summed E-state index contributed by atoms with van der Waals surface area (Å²) in [5.74, 6) is -7.03.